The molecule has 1 aromatic rings. The molecule has 1 aliphatic heterocycles. The molecule has 7 nitrogen and oxygen atoms in total. The van der Waals surface area contributed by atoms with E-state index in [0.29, 0.717) is 11.3 Å². The summed E-state index contributed by atoms with van der Waals surface area (Å²) >= 11 is 7.77. The van der Waals surface area contributed by atoms with Crippen molar-refractivity contribution in [3.05, 3.63) is 57.7 Å². The van der Waals surface area contributed by atoms with Gasteiger partial charge in [0, 0.05) is 27.7 Å². The molecule has 0 fully saturated rings. The normalized spacial score (nSPS) is 19.0. The van der Waals surface area contributed by atoms with Crippen LogP contribution in [-0.2, 0) is 4.79 Å². The van der Waals surface area contributed by atoms with Crippen LogP contribution in [0.1, 0.15) is 5.56 Å². The molecule has 0 spiro atoms. The second-order valence-corrected chi connectivity index (χ2v) is 7.96. The number of halogens is 3. The molecule has 0 aromatic heterocycles. The molecule has 160 valence electrons. The standard InChI is InChI=1S/C19H20BrF2N5O2S/c1-11-7-17(30)13(20)8-16(11)29-10-12-14(23-19(21)22)5-3-4-6-15(12)27-9-18(28)26(2)24-25-27/h3-8,15,19,23,30H,9-10H2,1-2H3. The number of alkyl halides is 2. The van der Waals surface area contributed by atoms with E-state index in [9.17, 15) is 13.6 Å². The topological polar surface area (TPSA) is 69.5 Å². The summed E-state index contributed by atoms with van der Waals surface area (Å²) in [6, 6.07) is 3.01. The van der Waals surface area contributed by atoms with Gasteiger partial charge in [-0.05, 0) is 51.8 Å². The fourth-order valence-corrected chi connectivity index (χ4v) is 3.53. The highest BCUT2D eigenvalue weighted by molar-refractivity contribution is 9.10. The second-order valence-electron chi connectivity index (χ2n) is 6.62. The van der Waals surface area contributed by atoms with Gasteiger partial charge in [-0.3, -0.25) is 9.80 Å². The summed E-state index contributed by atoms with van der Waals surface area (Å²) in [6.45, 7) is -0.955. The Hall–Kier alpha value is -2.40. The van der Waals surface area contributed by atoms with E-state index in [-0.39, 0.29) is 24.8 Å². The Morgan fingerprint density at radius 1 is 1.37 bits per heavy atom. The fraction of sp³-hybridized carbons (Fsp3) is 0.316. The lowest BCUT2D eigenvalue weighted by molar-refractivity contribution is -0.135. The first-order chi connectivity index (χ1) is 14.3. The van der Waals surface area contributed by atoms with E-state index >= 15 is 0 Å². The summed E-state index contributed by atoms with van der Waals surface area (Å²) in [4.78, 5) is 12.8. The van der Waals surface area contributed by atoms with E-state index in [1.807, 2.05) is 13.0 Å². The van der Waals surface area contributed by atoms with Gasteiger partial charge in [0.05, 0.1) is 6.04 Å². The average molecular weight is 500 g/mol. The average Bonchev–Trinajstić information content (AvgIpc) is 2.87. The predicted molar refractivity (Wildman–Crippen MR) is 114 cm³/mol. The number of ether oxygens (including phenoxy) is 1. The number of nitrogens with zero attached hydrogens (tertiary/aromatic N) is 4. The molecular weight excluding hydrogens is 480 g/mol. The van der Waals surface area contributed by atoms with Gasteiger partial charge in [-0.25, -0.2) is 5.01 Å². The van der Waals surface area contributed by atoms with Crippen molar-refractivity contribution in [3.8, 4) is 5.75 Å². The SMILES string of the molecule is Cc1cc(S)c(Br)cc1OCC1=C(NC(F)F)C=CC=CC1N1CC(=O)N(C)N=N1. The van der Waals surface area contributed by atoms with Gasteiger partial charge in [-0.15, -0.1) is 12.6 Å². The van der Waals surface area contributed by atoms with Gasteiger partial charge in [0.1, 0.15) is 18.9 Å². The number of thiol groups is 1. The second kappa shape index (κ2) is 9.61. The van der Waals surface area contributed by atoms with Crippen LogP contribution in [-0.4, -0.2) is 48.7 Å². The maximum atomic E-state index is 13.2. The summed E-state index contributed by atoms with van der Waals surface area (Å²) in [5.41, 5.74) is 1.53. The first-order valence-electron chi connectivity index (χ1n) is 8.95. The van der Waals surface area contributed by atoms with Crippen molar-refractivity contribution in [3.63, 3.8) is 0 Å². The minimum absolute atomic E-state index is 0.0103. The number of hydrogen-bond acceptors (Lipinski definition) is 7. The number of rotatable bonds is 6. The Bertz CT molecular complexity index is 951. The van der Waals surface area contributed by atoms with E-state index in [1.54, 1.807) is 24.3 Å². The van der Waals surface area contributed by atoms with Gasteiger partial charge >= 0.3 is 6.55 Å². The van der Waals surface area contributed by atoms with Crippen LogP contribution in [0.3, 0.4) is 0 Å². The molecule has 11 heteroatoms. The van der Waals surface area contributed by atoms with Gasteiger partial charge in [-0.2, -0.15) is 8.78 Å². The van der Waals surface area contributed by atoms with Crippen molar-refractivity contribution in [1.29, 1.82) is 0 Å². The van der Waals surface area contributed by atoms with Gasteiger partial charge < -0.3 is 10.1 Å². The third-order valence-corrected chi connectivity index (χ3v) is 5.86. The van der Waals surface area contributed by atoms with Crippen molar-refractivity contribution in [2.45, 2.75) is 24.4 Å². The molecular formula is C19H20BrF2N5O2S. The lowest BCUT2D eigenvalue weighted by Gasteiger charge is -2.31. The van der Waals surface area contributed by atoms with Gasteiger partial charge in [0.2, 0.25) is 0 Å². The molecule has 0 saturated heterocycles. The van der Waals surface area contributed by atoms with Crippen LogP contribution in [0.5, 0.6) is 5.75 Å². The molecule has 2 aliphatic rings. The zero-order valence-electron chi connectivity index (χ0n) is 16.2. The molecule has 1 aliphatic carbocycles. The van der Waals surface area contributed by atoms with E-state index in [1.165, 1.54) is 18.1 Å². The molecule has 0 saturated carbocycles. The minimum Gasteiger partial charge on any atom is -0.489 e. The number of nitrogens with one attached hydrogen (secondary N) is 1. The predicted octanol–water partition coefficient (Wildman–Crippen LogP) is 4.04. The van der Waals surface area contributed by atoms with Crippen molar-refractivity contribution in [2.75, 3.05) is 20.2 Å². The quantitative estimate of drug-likeness (QED) is 0.457. The lowest BCUT2D eigenvalue weighted by Crippen LogP contribution is -2.44. The van der Waals surface area contributed by atoms with E-state index in [4.69, 9.17) is 4.74 Å². The van der Waals surface area contributed by atoms with Crippen LogP contribution in [0.25, 0.3) is 0 Å². The summed E-state index contributed by atoms with van der Waals surface area (Å²) in [5, 5.41) is 12.6. The van der Waals surface area contributed by atoms with E-state index in [2.05, 4.69) is 44.3 Å². The molecule has 1 amide bonds. The number of aryl methyl sites for hydroxylation is 1. The number of carbonyl (C=O) groups excluding carboxylic acids is 1. The Labute approximate surface area is 186 Å². The van der Waals surface area contributed by atoms with E-state index in [0.717, 1.165) is 19.9 Å². The molecule has 1 N–H and O–H groups in total. The Morgan fingerprint density at radius 2 is 2.13 bits per heavy atom. The Morgan fingerprint density at radius 3 is 2.83 bits per heavy atom. The van der Waals surface area contributed by atoms with Crippen molar-refractivity contribution < 1.29 is 18.3 Å². The zero-order valence-corrected chi connectivity index (χ0v) is 18.7. The first kappa shape index (κ1) is 22.3. The molecule has 0 bridgehead atoms. The van der Waals surface area contributed by atoms with Crippen LogP contribution < -0.4 is 10.1 Å². The highest BCUT2D eigenvalue weighted by atomic mass is 79.9. The summed E-state index contributed by atoms with van der Waals surface area (Å²) in [6.07, 6.45) is 6.64. The maximum Gasteiger partial charge on any atom is 0.312 e. The molecule has 1 aromatic carbocycles. The monoisotopic (exact) mass is 499 g/mol. The maximum absolute atomic E-state index is 13.2. The third kappa shape index (κ3) is 5.20. The molecule has 1 heterocycles. The minimum atomic E-state index is -2.77. The highest BCUT2D eigenvalue weighted by Gasteiger charge is 2.29. The molecule has 3 rings (SSSR count). The van der Waals surface area contributed by atoms with Crippen LogP contribution >= 0.6 is 28.6 Å². The van der Waals surface area contributed by atoms with Gasteiger partial charge in [0.25, 0.3) is 5.91 Å². The molecule has 1 atom stereocenters. The molecule has 1 unspecified atom stereocenters. The van der Waals surface area contributed by atoms with Crippen molar-refractivity contribution in [2.24, 2.45) is 10.4 Å². The number of allylic oxidation sites excluding steroid dienone is 3. The first-order valence-corrected chi connectivity index (χ1v) is 10.2. The van der Waals surface area contributed by atoms with Gasteiger partial charge in [-0.1, -0.05) is 23.5 Å². The third-order valence-electron chi connectivity index (χ3n) is 4.53. The van der Waals surface area contributed by atoms with Crippen LogP contribution in [0.2, 0.25) is 0 Å². The van der Waals surface area contributed by atoms with Crippen LogP contribution in [0.4, 0.5) is 8.78 Å². The summed E-state index contributed by atoms with van der Waals surface area (Å²) < 4.78 is 33.1. The van der Waals surface area contributed by atoms with Crippen LogP contribution in [0, 0.1) is 6.92 Å². The number of amides is 1. The number of carbonyl (C=O) groups is 1. The zero-order chi connectivity index (χ0) is 21.8. The Kier molecular flexibility index (Phi) is 7.14. The van der Waals surface area contributed by atoms with Crippen molar-refractivity contribution >= 4 is 34.5 Å². The highest BCUT2D eigenvalue weighted by Crippen LogP contribution is 2.31. The lowest BCUT2D eigenvalue weighted by atomic mass is 10.0. The summed E-state index contributed by atoms with van der Waals surface area (Å²) in [7, 11) is 1.50. The van der Waals surface area contributed by atoms with Crippen molar-refractivity contribution in [1.82, 2.24) is 15.3 Å². The Balaban J connectivity index is 1.94. The smallest absolute Gasteiger partial charge is 0.312 e. The van der Waals surface area contributed by atoms with Crippen LogP contribution in [0.15, 0.2) is 67.5 Å². The summed E-state index contributed by atoms with van der Waals surface area (Å²) in [5.74, 6) is 0.319. The van der Waals surface area contributed by atoms with Gasteiger partial charge in [0.15, 0.2) is 0 Å². The fourth-order valence-electron chi connectivity index (χ4n) is 2.95. The number of benzene rings is 1. The molecule has 30 heavy (non-hydrogen) atoms. The number of hydrogen-bond donors (Lipinski definition) is 2. The van der Waals surface area contributed by atoms with E-state index < -0.39 is 12.6 Å². The largest absolute Gasteiger partial charge is 0.489 e. The molecule has 0 radical (unpaired) electrons. The number of likely N-dealkylation sites (N-methyl/N-ethyl adjacent to an activating group) is 1.